The van der Waals surface area contributed by atoms with Crippen LogP contribution in [0.1, 0.15) is 16.1 Å². The van der Waals surface area contributed by atoms with E-state index >= 15 is 0 Å². The molecule has 0 bridgehead atoms. The molecule has 0 aliphatic heterocycles. The van der Waals surface area contributed by atoms with Crippen LogP contribution < -0.4 is 0 Å². The van der Waals surface area contributed by atoms with Crippen molar-refractivity contribution in [3.63, 3.8) is 0 Å². The number of hydrogen-bond acceptors (Lipinski definition) is 1. The highest BCUT2D eigenvalue weighted by atomic mass is 35.5. The number of fused-ring (bicyclic) bond motifs is 1. The molecule has 0 unspecified atom stereocenters. The number of carbonyl (C=O) groups is 1. The summed E-state index contributed by atoms with van der Waals surface area (Å²) in [5.74, 6) is -0.536. The lowest BCUT2D eigenvalue weighted by Gasteiger charge is -2.22. The quantitative estimate of drug-likeness (QED) is 0.603. The van der Waals surface area contributed by atoms with Gasteiger partial charge in [-0.2, -0.15) is 0 Å². The van der Waals surface area contributed by atoms with Crippen molar-refractivity contribution in [3.8, 4) is 0 Å². The van der Waals surface area contributed by atoms with E-state index in [4.69, 9.17) is 11.6 Å². The second kappa shape index (κ2) is 7.11. The number of halogens is 2. The first-order valence-electron chi connectivity index (χ1n) is 7.90. The number of carbonyl (C=O) groups excluding carboxylic acids is 1. The summed E-state index contributed by atoms with van der Waals surface area (Å²) in [6.07, 6.45) is 1.66. The minimum Gasteiger partial charge on any atom is -0.340 e. The maximum absolute atomic E-state index is 14.0. The molecule has 0 N–H and O–H groups in total. The molecule has 3 rings (SSSR count). The smallest absolute Gasteiger partial charge is 0.271 e. The minimum absolute atomic E-state index is 0.196. The maximum atomic E-state index is 14.0. The molecule has 3 nitrogen and oxygen atoms in total. The van der Waals surface area contributed by atoms with E-state index in [9.17, 15) is 9.18 Å². The average molecular weight is 357 g/mol. The minimum atomic E-state index is -0.339. The highest BCUT2D eigenvalue weighted by molar-refractivity contribution is 6.31. The number of aryl methyl sites for hydroxylation is 1. The maximum Gasteiger partial charge on any atom is 0.271 e. The molecule has 0 saturated heterocycles. The van der Waals surface area contributed by atoms with Gasteiger partial charge in [0.25, 0.3) is 5.91 Å². The molecule has 0 spiro atoms. The number of aromatic nitrogens is 1. The number of rotatable bonds is 5. The molecular formula is C20H18ClFN2O. The molecule has 128 valence electrons. The molecule has 25 heavy (non-hydrogen) atoms. The molecule has 0 atom stereocenters. The van der Waals surface area contributed by atoms with Crippen molar-refractivity contribution in [2.24, 2.45) is 7.05 Å². The van der Waals surface area contributed by atoms with Crippen molar-refractivity contribution in [1.29, 1.82) is 0 Å². The monoisotopic (exact) mass is 356 g/mol. The highest BCUT2D eigenvalue weighted by Gasteiger charge is 2.21. The molecule has 0 aliphatic rings. The Morgan fingerprint density at radius 1 is 1.28 bits per heavy atom. The highest BCUT2D eigenvalue weighted by Crippen LogP contribution is 2.24. The molecule has 5 heteroatoms. The van der Waals surface area contributed by atoms with Gasteiger partial charge in [-0.25, -0.2) is 4.39 Å². The Labute approximate surface area is 150 Å². The third kappa shape index (κ3) is 3.30. The predicted octanol–water partition coefficient (Wildman–Crippen LogP) is 4.80. The zero-order valence-electron chi connectivity index (χ0n) is 13.9. The van der Waals surface area contributed by atoms with E-state index in [1.54, 1.807) is 46.9 Å². The van der Waals surface area contributed by atoms with Crippen LogP contribution in [0.4, 0.5) is 4.39 Å². The summed E-state index contributed by atoms with van der Waals surface area (Å²) in [6, 6.07) is 13.8. The van der Waals surface area contributed by atoms with E-state index in [0.717, 1.165) is 5.56 Å². The van der Waals surface area contributed by atoms with Crippen molar-refractivity contribution in [2.45, 2.75) is 6.54 Å². The van der Waals surface area contributed by atoms with E-state index in [2.05, 4.69) is 6.58 Å². The van der Waals surface area contributed by atoms with E-state index in [-0.39, 0.29) is 11.7 Å². The van der Waals surface area contributed by atoms with Crippen LogP contribution in [-0.4, -0.2) is 21.9 Å². The molecule has 2 aromatic carbocycles. The lowest BCUT2D eigenvalue weighted by molar-refractivity contribution is 0.0753. The van der Waals surface area contributed by atoms with E-state index in [1.807, 2.05) is 18.2 Å². The van der Waals surface area contributed by atoms with Crippen molar-refractivity contribution in [1.82, 2.24) is 9.47 Å². The fraction of sp³-hybridized carbons (Fsp3) is 0.150. The normalized spacial score (nSPS) is 10.8. The summed E-state index contributed by atoms with van der Waals surface area (Å²) in [6.45, 7) is 4.45. The Morgan fingerprint density at radius 3 is 2.72 bits per heavy atom. The summed E-state index contributed by atoms with van der Waals surface area (Å²) < 4.78 is 15.7. The molecule has 0 fully saturated rings. The van der Waals surface area contributed by atoms with Gasteiger partial charge < -0.3 is 9.47 Å². The Kier molecular flexibility index (Phi) is 4.91. The predicted molar refractivity (Wildman–Crippen MR) is 99.3 cm³/mol. The third-order valence-electron chi connectivity index (χ3n) is 4.21. The molecule has 0 radical (unpaired) electrons. The van der Waals surface area contributed by atoms with E-state index in [1.165, 1.54) is 6.07 Å². The fourth-order valence-electron chi connectivity index (χ4n) is 2.90. The zero-order valence-corrected chi connectivity index (χ0v) is 14.6. The molecular weight excluding hydrogens is 339 g/mol. The van der Waals surface area contributed by atoms with Gasteiger partial charge in [0.15, 0.2) is 0 Å². The molecule has 1 aromatic heterocycles. The average Bonchev–Trinajstić information content (AvgIpc) is 2.94. The van der Waals surface area contributed by atoms with E-state index in [0.29, 0.717) is 34.7 Å². The summed E-state index contributed by atoms with van der Waals surface area (Å²) in [5.41, 5.74) is 1.96. The molecule has 0 aliphatic carbocycles. The Bertz CT molecular complexity index is 948. The Balaban J connectivity index is 1.98. The van der Waals surface area contributed by atoms with Crippen molar-refractivity contribution < 1.29 is 9.18 Å². The van der Waals surface area contributed by atoms with Gasteiger partial charge in [0.2, 0.25) is 0 Å². The van der Waals surface area contributed by atoms with E-state index < -0.39 is 0 Å². The first-order valence-corrected chi connectivity index (χ1v) is 8.28. The lowest BCUT2D eigenvalue weighted by Crippen LogP contribution is -2.32. The van der Waals surface area contributed by atoms with Crippen LogP contribution in [0.25, 0.3) is 10.9 Å². The molecule has 1 amide bonds. The van der Waals surface area contributed by atoms with Crippen LogP contribution in [0.15, 0.2) is 61.2 Å². The fourth-order valence-corrected chi connectivity index (χ4v) is 3.09. The molecule has 3 aromatic rings. The van der Waals surface area contributed by atoms with Gasteiger partial charge in [-0.1, -0.05) is 41.9 Å². The van der Waals surface area contributed by atoms with Gasteiger partial charge in [-0.15, -0.1) is 6.58 Å². The van der Waals surface area contributed by atoms with Crippen LogP contribution in [0, 0.1) is 5.82 Å². The largest absolute Gasteiger partial charge is 0.340 e. The third-order valence-corrected chi connectivity index (χ3v) is 4.58. The van der Waals surface area contributed by atoms with Gasteiger partial charge in [0.05, 0.1) is 5.52 Å². The summed E-state index contributed by atoms with van der Waals surface area (Å²) >= 11 is 6.22. The number of benzene rings is 2. The first-order chi connectivity index (χ1) is 12.0. The number of hydrogen-bond donors (Lipinski definition) is 0. The second-order valence-electron chi connectivity index (χ2n) is 5.83. The second-order valence-corrected chi connectivity index (χ2v) is 6.23. The molecule has 0 saturated carbocycles. The van der Waals surface area contributed by atoms with Crippen LogP contribution in [0.2, 0.25) is 5.02 Å². The summed E-state index contributed by atoms with van der Waals surface area (Å²) in [4.78, 5) is 14.7. The van der Waals surface area contributed by atoms with Crippen molar-refractivity contribution in [2.75, 3.05) is 6.54 Å². The summed E-state index contributed by atoms with van der Waals surface area (Å²) in [7, 11) is 1.76. The SMILES string of the molecule is C=CCN(Cc1ccccc1Cl)C(=O)c1cc2c(F)cccc2n1C. The van der Waals surface area contributed by atoms with Gasteiger partial charge in [0.1, 0.15) is 11.5 Å². The lowest BCUT2D eigenvalue weighted by atomic mass is 10.2. The van der Waals surface area contributed by atoms with Gasteiger partial charge in [-0.3, -0.25) is 4.79 Å². The van der Waals surface area contributed by atoms with Crippen LogP contribution in [0.3, 0.4) is 0 Å². The van der Waals surface area contributed by atoms with Crippen LogP contribution >= 0.6 is 11.6 Å². The standard InChI is InChI=1S/C20H18ClFN2O/c1-3-11-24(13-14-7-4-5-8-16(14)21)20(25)19-12-15-17(22)9-6-10-18(15)23(19)2/h3-10,12H,1,11,13H2,2H3. The van der Waals surface area contributed by atoms with Crippen LogP contribution in [-0.2, 0) is 13.6 Å². The number of amides is 1. The topological polar surface area (TPSA) is 25.2 Å². The van der Waals surface area contributed by atoms with Gasteiger partial charge >= 0.3 is 0 Å². The number of nitrogens with zero attached hydrogens (tertiary/aromatic N) is 2. The van der Waals surface area contributed by atoms with Crippen molar-refractivity contribution >= 4 is 28.4 Å². The van der Waals surface area contributed by atoms with Gasteiger partial charge in [-0.05, 0) is 29.8 Å². The molecule has 1 heterocycles. The van der Waals surface area contributed by atoms with Gasteiger partial charge in [0, 0.05) is 30.5 Å². The zero-order chi connectivity index (χ0) is 18.0. The Hall–Kier alpha value is -2.59. The van der Waals surface area contributed by atoms with Crippen molar-refractivity contribution in [3.05, 3.63) is 83.3 Å². The van der Waals surface area contributed by atoms with Crippen LogP contribution in [0.5, 0.6) is 0 Å². The summed E-state index contributed by atoms with van der Waals surface area (Å²) in [5, 5.41) is 1.04. The Morgan fingerprint density at radius 2 is 2.04 bits per heavy atom. The first kappa shape index (κ1) is 17.2.